The fraction of sp³-hybridized carbons (Fsp3) is 0.949. The monoisotopic (exact) mass is 754 g/mol. The molecule has 4 aliphatic carbocycles. The molecular weight excluding hydrogens is 692 g/mol. The van der Waals surface area contributed by atoms with Crippen molar-refractivity contribution in [1.82, 2.24) is 0 Å². The first-order valence-electron chi connectivity index (χ1n) is 20.0. The zero-order valence-corrected chi connectivity index (χ0v) is 31.4. The van der Waals surface area contributed by atoms with Crippen LogP contribution in [0.15, 0.2) is 11.6 Å². The highest BCUT2D eigenvalue weighted by Gasteiger charge is 2.70. The van der Waals surface area contributed by atoms with Gasteiger partial charge in [-0.3, -0.25) is 0 Å². The van der Waals surface area contributed by atoms with Crippen LogP contribution in [0.1, 0.15) is 85.5 Å². The SMILES string of the molecule is C[C@H]1[C@H]2[C@H](C[C@H]3[C@@H]4CC=C5CC(O[C@@H]6O[C@H](CO)[C@@H](O)[C@H](O)[C@H]6O)CC[C@]5(C)[C@H]4CC[C@]23C)O[C@]12CC[C@@](C)(CO[C@@H]1O[C@H](CO)[C@@H](O)[C@H](O)[C@H]1O)O2. The summed E-state index contributed by atoms with van der Waals surface area (Å²) in [6.07, 6.45) is -2.57. The molecule has 21 atom stereocenters. The van der Waals surface area contributed by atoms with Gasteiger partial charge in [0, 0.05) is 12.3 Å². The van der Waals surface area contributed by atoms with Gasteiger partial charge in [0.2, 0.25) is 0 Å². The van der Waals surface area contributed by atoms with E-state index >= 15 is 0 Å². The van der Waals surface area contributed by atoms with Gasteiger partial charge in [-0.25, -0.2) is 0 Å². The third-order valence-corrected chi connectivity index (χ3v) is 15.7. The summed E-state index contributed by atoms with van der Waals surface area (Å²) in [5, 5.41) is 81.1. The number of aliphatic hydroxyl groups is 8. The lowest BCUT2D eigenvalue weighted by Crippen LogP contribution is -2.60. The molecule has 4 aliphatic heterocycles. The van der Waals surface area contributed by atoms with Crippen LogP contribution in [0.5, 0.6) is 0 Å². The predicted octanol–water partition coefficient (Wildman–Crippen LogP) is 0.477. The van der Waals surface area contributed by atoms with Crippen molar-refractivity contribution in [1.29, 1.82) is 0 Å². The van der Waals surface area contributed by atoms with E-state index in [-0.39, 0.29) is 35.6 Å². The quantitative estimate of drug-likeness (QED) is 0.166. The fourth-order valence-electron chi connectivity index (χ4n) is 12.7. The van der Waals surface area contributed by atoms with Gasteiger partial charge in [0.05, 0.1) is 37.6 Å². The Labute approximate surface area is 311 Å². The molecule has 1 spiro atoms. The fourth-order valence-corrected chi connectivity index (χ4v) is 12.7. The van der Waals surface area contributed by atoms with Crippen molar-refractivity contribution in [3.8, 4) is 0 Å². The van der Waals surface area contributed by atoms with Gasteiger partial charge in [-0.05, 0) is 92.8 Å². The number of fused-ring (bicyclic) bond motifs is 7. The number of rotatable bonds is 7. The standard InChI is InChI=1S/C39H62O14/c1-18-27-24(52-39(18)12-11-36(2,53-39)17-48-34-32(46)30(44)28(42)25(15-40)50-34)14-23-21-6-5-19-13-20(7-9-37(19,3)22(21)8-10-38(23,27)4)49-35-33(47)31(45)29(43)26(16-41)51-35/h5,18,20-35,40-47H,6-17H2,1-4H3/t18-,20?,21+,22-,23-,24-,25+,26+,27-,28+,29+,30-,31-,32+,33+,34+,35+,36-,37-,38-,39-/m0/s1. The summed E-state index contributed by atoms with van der Waals surface area (Å²) in [6, 6.07) is 0. The molecule has 14 nitrogen and oxygen atoms in total. The van der Waals surface area contributed by atoms with Crippen molar-refractivity contribution in [2.45, 2.75) is 170 Å². The Morgan fingerprint density at radius 1 is 0.774 bits per heavy atom. The van der Waals surface area contributed by atoms with Crippen molar-refractivity contribution in [2.24, 2.45) is 40.4 Å². The van der Waals surface area contributed by atoms with Gasteiger partial charge in [0.1, 0.15) is 48.8 Å². The van der Waals surface area contributed by atoms with E-state index in [0.29, 0.717) is 30.1 Å². The minimum atomic E-state index is -1.50. The third kappa shape index (κ3) is 6.12. The average Bonchev–Trinajstić information content (AvgIpc) is 3.73. The van der Waals surface area contributed by atoms with Crippen molar-refractivity contribution >= 4 is 0 Å². The highest BCUT2D eigenvalue weighted by molar-refractivity contribution is 5.26. The molecule has 0 bridgehead atoms. The maximum Gasteiger partial charge on any atom is 0.186 e. The van der Waals surface area contributed by atoms with E-state index in [1.807, 2.05) is 6.92 Å². The van der Waals surface area contributed by atoms with Crippen molar-refractivity contribution in [3.05, 3.63) is 11.6 Å². The lowest BCUT2D eigenvalue weighted by molar-refractivity contribution is -0.318. The van der Waals surface area contributed by atoms with Gasteiger partial charge >= 0.3 is 0 Å². The average molecular weight is 755 g/mol. The summed E-state index contributed by atoms with van der Waals surface area (Å²) >= 11 is 0. The minimum Gasteiger partial charge on any atom is -0.394 e. The topological polar surface area (TPSA) is 217 Å². The molecule has 8 rings (SSSR count). The molecule has 8 N–H and O–H groups in total. The highest BCUT2D eigenvalue weighted by atomic mass is 16.7. The molecule has 0 aromatic heterocycles. The Kier molecular flexibility index (Phi) is 10.3. The normalized spacial score (nSPS) is 57.8. The Balaban J connectivity index is 0.911. The van der Waals surface area contributed by atoms with Crippen LogP contribution in [-0.2, 0) is 28.4 Å². The van der Waals surface area contributed by atoms with Crippen LogP contribution in [0.4, 0.5) is 0 Å². The van der Waals surface area contributed by atoms with Crippen LogP contribution in [0.2, 0.25) is 0 Å². The minimum absolute atomic E-state index is 0.0439. The lowest BCUT2D eigenvalue weighted by atomic mass is 9.47. The Bertz CT molecular complexity index is 1380. The third-order valence-electron chi connectivity index (χ3n) is 15.7. The second-order valence-electron chi connectivity index (χ2n) is 18.6. The second kappa shape index (κ2) is 13.9. The summed E-state index contributed by atoms with van der Waals surface area (Å²) in [5.74, 6) is 1.39. The maximum atomic E-state index is 10.6. The number of allylic oxidation sites excluding steroid dienone is 1. The Morgan fingerprint density at radius 2 is 1.43 bits per heavy atom. The van der Waals surface area contributed by atoms with Crippen molar-refractivity contribution in [2.75, 3.05) is 19.8 Å². The molecule has 7 fully saturated rings. The molecule has 14 heteroatoms. The smallest absolute Gasteiger partial charge is 0.186 e. The molecule has 0 aromatic carbocycles. The number of hydrogen-bond acceptors (Lipinski definition) is 14. The lowest BCUT2D eigenvalue weighted by Gasteiger charge is -2.58. The van der Waals surface area contributed by atoms with Crippen LogP contribution in [0.25, 0.3) is 0 Å². The van der Waals surface area contributed by atoms with E-state index in [2.05, 4.69) is 26.8 Å². The highest BCUT2D eigenvalue weighted by Crippen LogP contribution is 2.71. The summed E-state index contributed by atoms with van der Waals surface area (Å²) in [7, 11) is 0. The van der Waals surface area contributed by atoms with E-state index in [1.54, 1.807) is 0 Å². The van der Waals surface area contributed by atoms with E-state index < -0.39 is 86.0 Å². The van der Waals surface area contributed by atoms with E-state index in [4.69, 9.17) is 28.4 Å². The Morgan fingerprint density at radius 3 is 2.11 bits per heavy atom. The first kappa shape index (κ1) is 39.0. The number of hydrogen-bond donors (Lipinski definition) is 8. The van der Waals surface area contributed by atoms with Crippen molar-refractivity contribution < 1.29 is 69.3 Å². The van der Waals surface area contributed by atoms with Crippen LogP contribution >= 0.6 is 0 Å². The van der Waals surface area contributed by atoms with Crippen molar-refractivity contribution in [3.63, 3.8) is 0 Å². The van der Waals surface area contributed by atoms with Crippen LogP contribution in [0, 0.1) is 40.4 Å². The van der Waals surface area contributed by atoms with Gasteiger partial charge in [-0.15, -0.1) is 0 Å². The molecule has 302 valence electrons. The van der Waals surface area contributed by atoms with Gasteiger partial charge in [0.15, 0.2) is 18.4 Å². The van der Waals surface area contributed by atoms with Gasteiger partial charge < -0.3 is 69.3 Å². The summed E-state index contributed by atoms with van der Waals surface area (Å²) in [4.78, 5) is 0. The molecule has 0 radical (unpaired) electrons. The number of ether oxygens (including phenoxy) is 6. The molecule has 53 heavy (non-hydrogen) atoms. The molecule has 4 saturated heterocycles. The second-order valence-corrected chi connectivity index (χ2v) is 18.6. The Hall–Kier alpha value is -0.820. The summed E-state index contributed by atoms with van der Waals surface area (Å²) < 4.78 is 37.3. The van der Waals surface area contributed by atoms with E-state index in [9.17, 15) is 40.9 Å². The predicted molar refractivity (Wildman–Crippen MR) is 184 cm³/mol. The molecule has 3 saturated carbocycles. The van der Waals surface area contributed by atoms with E-state index in [1.165, 1.54) is 5.57 Å². The number of aliphatic hydroxyl groups excluding tert-OH is 8. The van der Waals surface area contributed by atoms with E-state index in [0.717, 1.165) is 51.4 Å². The molecule has 1 unspecified atom stereocenters. The molecule has 4 heterocycles. The van der Waals surface area contributed by atoms with Crippen LogP contribution < -0.4 is 0 Å². The largest absolute Gasteiger partial charge is 0.394 e. The van der Waals surface area contributed by atoms with Crippen LogP contribution in [-0.4, -0.2) is 146 Å². The van der Waals surface area contributed by atoms with Gasteiger partial charge in [-0.1, -0.05) is 32.4 Å². The maximum absolute atomic E-state index is 10.6. The zero-order chi connectivity index (χ0) is 37.8. The molecule has 0 aromatic rings. The van der Waals surface area contributed by atoms with Gasteiger partial charge in [0.25, 0.3) is 0 Å². The summed E-state index contributed by atoms with van der Waals surface area (Å²) in [5.41, 5.74) is 0.834. The first-order valence-corrected chi connectivity index (χ1v) is 20.0. The summed E-state index contributed by atoms with van der Waals surface area (Å²) in [6.45, 7) is 8.26. The molecular formula is C39H62O14. The van der Waals surface area contributed by atoms with Crippen LogP contribution in [0.3, 0.4) is 0 Å². The molecule has 0 amide bonds. The first-order chi connectivity index (χ1) is 25.1. The van der Waals surface area contributed by atoms with Gasteiger partial charge in [-0.2, -0.15) is 0 Å². The zero-order valence-electron chi connectivity index (χ0n) is 31.4. The molecule has 8 aliphatic rings.